The van der Waals surface area contributed by atoms with E-state index >= 15 is 0 Å². The van der Waals surface area contributed by atoms with Crippen molar-refractivity contribution in [2.45, 2.75) is 13.2 Å². The fourth-order valence-corrected chi connectivity index (χ4v) is 3.21. The van der Waals surface area contributed by atoms with Gasteiger partial charge in [0.15, 0.2) is 17.8 Å². The third kappa shape index (κ3) is 5.17. The Labute approximate surface area is 185 Å². The number of benzene rings is 3. The minimum absolute atomic E-state index is 0.146. The summed E-state index contributed by atoms with van der Waals surface area (Å²) in [7, 11) is 3.21. The maximum Gasteiger partial charge on any atom is 0.182 e. The number of carbonyl (C=O) groups is 1. The molecule has 0 fully saturated rings. The van der Waals surface area contributed by atoms with Crippen molar-refractivity contribution in [3.63, 3.8) is 0 Å². The van der Waals surface area contributed by atoms with Gasteiger partial charge in [0.05, 0.1) is 24.3 Å². The van der Waals surface area contributed by atoms with Crippen LogP contribution in [0.3, 0.4) is 0 Å². The van der Waals surface area contributed by atoms with Gasteiger partial charge in [-0.2, -0.15) is 0 Å². The molecule has 0 aliphatic carbocycles. The number of halogens is 2. The molecule has 3 rings (SSSR count). The van der Waals surface area contributed by atoms with Gasteiger partial charge in [0.2, 0.25) is 0 Å². The third-order valence-corrected chi connectivity index (χ3v) is 5.04. The van der Waals surface area contributed by atoms with Crippen LogP contribution in [0, 0.1) is 0 Å². The number of methoxy groups -OCH3 is 2. The fraction of sp³-hybridized carbons (Fsp3) is 0.174. The largest absolute Gasteiger partial charge is 0.497 e. The summed E-state index contributed by atoms with van der Waals surface area (Å²) in [6.45, 7) is 0.445. The van der Waals surface area contributed by atoms with Crippen LogP contribution in [0.2, 0.25) is 10.0 Å². The van der Waals surface area contributed by atoms with Gasteiger partial charge in [-0.3, -0.25) is 4.79 Å². The van der Waals surface area contributed by atoms with Crippen molar-refractivity contribution in [2.24, 2.45) is 0 Å². The standard InChI is InChI=1S/C23H20Cl2O5/c1-27-18-7-3-15(4-8-18)13-29-22-20(24)11-17(12-26)21(25)23(22)30-14-16-5-9-19(28-2)10-6-16/h3-12H,13-14H2,1-2H3. The Kier molecular flexibility index (Phi) is 7.44. The topological polar surface area (TPSA) is 54.0 Å². The SMILES string of the molecule is COc1ccc(COc2c(Cl)cc(C=O)c(Cl)c2OCc2ccc(OC)cc2)cc1. The highest BCUT2D eigenvalue weighted by Gasteiger charge is 2.19. The lowest BCUT2D eigenvalue weighted by Crippen LogP contribution is -2.03. The maximum absolute atomic E-state index is 11.4. The summed E-state index contributed by atoms with van der Waals surface area (Å²) in [6.07, 6.45) is 0.627. The molecule has 0 spiro atoms. The van der Waals surface area contributed by atoms with Crippen molar-refractivity contribution in [2.75, 3.05) is 14.2 Å². The number of ether oxygens (including phenoxy) is 4. The molecular weight excluding hydrogens is 427 g/mol. The molecule has 0 aliphatic rings. The molecule has 0 aromatic heterocycles. The van der Waals surface area contributed by atoms with Gasteiger partial charge < -0.3 is 18.9 Å². The number of hydrogen-bond acceptors (Lipinski definition) is 5. The number of rotatable bonds is 9. The van der Waals surface area contributed by atoms with Crippen LogP contribution in [-0.4, -0.2) is 20.5 Å². The first kappa shape index (κ1) is 21.8. The van der Waals surface area contributed by atoms with E-state index in [0.29, 0.717) is 6.29 Å². The second-order valence-electron chi connectivity index (χ2n) is 6.31. The Hall–Kier alpha value is -2.89. The Morgan fingerprint density at radius 3 is 1.67 bits per heavy atom. The lowest BCUT2D eigenvalue weighted by molar-refractivity contribution is 0.112. The summed E-state index contributed by atoms with van der Waals surface area (Å²) >= 11 is 12.8. The summed E-state index contributed by atoms with van der Waals surface area (Å²) in [5, 5.41) is 0.382. The van der Waals surface area contributed by atoms with E-state index in [2.05, 4.69) is 0 Å². The summed E-state index contributed by atoms with van der Waals surface area (Å²) in [6, 6.07) is 16.3. The monoisotopic (exact) mass is 446 g/mol. The van der Waals surface area contributed by atoms with Crippen LogP contribution in [-0.2, 0) is 13.2 Å². The van der Waals surface area contributed by atoms with Crippen LogP contribution >= 0.6 is 23.2 Å². The van der Waals surface area contributed by atoms with Gasteiger partial charge in [0, 0.05) is 5.56 Å². The van der Waals surface area contributed by atoms with Gasteiger partial charge in [-0.1, -0.05) is 47.5 Å². The van der Waals surface area contributed by atoms with E-state index in [0.717, 1.165) is 22.6 Å². The van der Waals surface area contributed by atoms with Gasteiger partial charge in [-0.05, 0) is 41.5 Å². The van der Waals surface area contributed by atoms with Crippen molar-refractivity contribution in [1.29, 1.82) is 0 Å². The van der Waals surface area contributed by atoms with Crippen molar-refractivity contribution in [3.05, 3.63) is 81.3 Å². The van der Waals surface area contributed by atoms with Gasteiger partial charge in [-0.25, -0.2) is 0 Å². The molecule has 156 valence electrons. The van der Waals surface area contributed by atoms with Crippen molar-refractivity contribution in [1.82, 2.24) is 0 Å². The molecule has 30 heavy (non-hydrogen) atoms. The Morgan fingerprint density at radius 2 is 1.23 bits per heavy atom. The summed E-state index contributed by atoms with van der Waals surface area (Å²) < 4.78 is 22.1. The summed E-state index contributed by atoms with van der Waals surface area (Å²) in [4.78, 5) is 11.4. The van der Waals surface area contributed by atoms with Crippen LogP contribution in [0.4, 0.5) is 0 Å². The molecule has 0 amide bonds. The molecule has 0 bridgehead atoms. The van der Waals surface area contributed by atoms with Crippen LogP contribution in [0.15, 0.2) is 54.6 Å². The molecule has 7 heteroatoms. The van der Waals surface area contributed by atoms with Gasteiger partial charge >= 0.3 is 0 Å². The highest BCUT2D eigenvalue weighted by atomic mass is 35.5. The zero-order chi connectivity index (χ0) is 21.5. The molecule has 3 aromatic carbocycles. The molecule has 0 saturated carbocycles. The predicted molar refractivity (Wildman–Crippen MR) is 117 cm³/mol. The Balaban J connectivity index is 1.83. The smallest absolute Gasteiger partial charge is 0.182 e. The predicted octanol–water partition coefficient (Wildman–Crippen LogP) is 5.98. The molecule has 0 atom stereocenters. The zero-order valence-electron chi connectivity index (χ0n) is 16.5. The second kappa shape index (κ2) is 10.2. The fourth-order valence-electron chi connectivity index (χ4n) is 2.71. The van der Waals surface area contributed by atoms with Crippen molar-refractivity contribution >= 4 is 29.5 Å². The number of carbonyl (C=O) groups excluding carboxylic acids is 1. The van der Waals surface area contributed by atoms with E-state index in [-0.39, 0.29) is 40.3 Å². The molecule has 3 aromatic rings. The van der Waals surface area contributed by atoms with E-state index in [4.69, 9.17) is 42.1 Å². The van der Waals surface area contributed by atoms with E-state index < -0.39 is 0 Å². The first-order valence-electron chi connectivity index (χ1n) is 9.04. The van der Waals surface area contributed by atoms with Gasteiger partial charge in [-0.15, -0.1) is 0 Å². The highest BCUT2D eigenvalue weighted by Crippen LogP contribution is 2.43. The quantitative estimate of drug-likeness (QED) is 0.378. The Morgan fingerprint density at radius 1 is 0.767 bits per heavy atom. The van der Waals surface area contributed by atoms with Crippen LogP contribution in [0.1, 0.15) is 21.5 Å². The van der Waals surface area contributed by atoms with Crippen LogP contribution in [0.5, 0.6) is 23.0 Å². The average Bonchev–Trinajstić information content (AvgIpc) is 2.79. The average molecular weight is 447 g/mol. The minimum Gasteiger partial charge on any atom is -0.497 e. The highest BCUT2D eigenvalue weighted by molar-refractivity contribution is 6.37. The molecule has 0 saturated heterocycles. The van der Waals surface area contributed by atoms with Gasteiger partial charge in [0.1, 0.15) is 24.7 Å². The molecule has 0 unspecified atom stereocenters. The normalized spacial score (nSPS) is 10.4. The summed E-state index contributed by atoms with van der Waals surface area (Å²) in [5.41, 5.74) is 2.02. The second-order valence-corrected chi connectivity index (χ2v) is 7.10. The third-order valence-electron chi connectivity index (χ3n) is 4.37. The van der Waals surface area contributed by atoms with E-state index in [1.54, 1.807) is 14.2 Å². The summed E-state index contributed by atoms with van der Waals surface area (Å²) in [5.74, 6) is 1.98. The van der Waals surface area contributed by atoms with E-state index in [1.807, 2.05) is 48.5 Å². The van der Waals surface area contributed by atoms with E-state index in [1.165, 1.54) is 6.07 Å². The molecule has 0 N–H and O–H groups in total. The van der Waals surface area contributed by atoms with Crippen LogP contribution < -0.4 is 18.9 Å². The Bertz CT molecular complexity index is 1000. The van der Waals surface area contributed by atoms with E-state index in [9.17, 15) is 4.79 Å². The van der Waals surface area contributed by atoms with Crippen LogP contribution in [0.25, 0.3) is 0 Å². The number of aldehydes is 1. The minimum atomic E-state index is 0.146. The number of hydrogen-bond donors (Lipinski definition) is 0. The lowest BCUT2D eigenvalue weighted by atomic mass is 10.2. The zero-order valence-corrected chi connectivity index (χ0v) is 18.0. The molecule has 0 aliphatic heterocycles. The first-order chi connectivity index (χ1) is 14.5. The first-order valence-corrected chi connectivity index (χ1v) is 9.80. The molecule has 0 heterocycles. The molecule has 5 nitrogen and oxygen atoms in total. The van der Waals surface area contributed by atoms with Crippen molar-refractivity contribution < 1.29 is 23.7 Å². The molecule has 0 radical (unpaired) electrons. The maximum atomic E-state index is 11.4. The van der Waals surface area contributed by atoms with Gasteiger partial charge in [0.25, 0.3) is 0 Å². The molecular formula is C23H20Cl2O5. The lowest BCUT2D eigenvalue weighted by Gasteiger charge is -2.17. The van der Waals surface area contributed by atoms with Crippen molar-refractivity contribution in [3.8, 4) is 23.0 Å².